The van der Waals surface area contributed by atoms with Crippen LogP contribution in [-0.2, 0) is 0 Å². The van der Waals surface area contributed by atoms with Crippen LogP contribution in [0, 0.1) is 11.3 Å². The van der Waals surface area contributed by atoms with Gasteiger partial charge in [0.2, 0.25) is 0 Å². The molecule has 1 aromatic carbocycles. The summed E-state index contributed by atoms with van der Waals surface area (Å²) in [6.45, 7) is 0. The summed E-state index contributed by atoms with van der Waals surface area (Å²) in [6, 6.07) is 10.6. The predicted octanol–water partition coefficient (Wildman–Crippen LogP) is 2.21. The molecule has 3 rings (SSSR count). The monoisotopic (exact) mass is 236 g/mol. The van der Waals surface area contributed by atoms with Crippen LogP contribution in [-0.4, -0.2) is 19.9 Å². The van der Waals surface area contributed by atoms with Crippen LogP contribution in [0.2, 0.25) is 0 Å². The van der Waals surface area contributed by atoms with Crippen molar-refractivity contribution in [3.63, 3.8) is 0 Å². The highest BCUT2D eigenvalue weighted by Gasteiger charge is 2.12. The van der Waals surface area contributed by atoms with Crippen molar-refractivity contribution in [1.82, 2.24) is 14.7 Å². The fraction of sp³-hybridized carbons (Fsp3) is 0. The quantitative estimate of drug-likeness (QED) is 0.657. The first-order valence-electron chi connectivity index (χ1n) is 5.32. The van der Waals surface area contributed by atoms with Crippen LogP contribution in [0.3, 0.4) is 0 Å². The number of aromatic nitrogens is 3. The smallest absolute Gasteiger partial charge is 0.178 e. The van der Waals surface area contributed by atoms with E-state index in [-0.39, 0.29) is 0 Å². The van der Waals surface area contributed by atoms with Gasteiger partial charge in [0, 0.05) is 18.0 Å². The second-order valence-electron chi connectivity index (χ2n) is 3.80. The maximum Gasteiger partial charge on any atom is 0.178 e. The lowest BCUT2D eigenvalue weighted by molar-refractivity contribution is 0.203. The van der Waals surface area contributed by atoms with Crippen LogP contribution < -0.4 is 0 Å². The fourth-order valence-corrected chi connectivity index (χ4v) is 1.81. The minimum absolute atomic E-state index is 0.410. The van der Waals surface area contributed by atoms with Gasteiger partial charge in [-0.25, -0.2) is 4.98 Å². The summed E-state index contributed by atoms with van der Waals surface area (Å²) >= 11 is 0. The van der Waals surface area contributed by atoms with E-state index in [2.05, 4.69) is 9.97 Å². The molecule has 86 valence electrons. The molecule has 5 heteroatoms. The van der Waals surface area contributed by atoms with Gasteiger partial charge in [0.05, 0.1) is 17.1 Å². The maximum absolute atomic E-state index is 10.1. The highest BCUT2D eigenvalue weighted by Crippen LogP contribution is 2.23. The molecule has 1 N–H and O–H groups in total. The number of imidazole rings is 1. The average Bonchev–Trinajstić information content (AvgIpc) is 2.77. The van der Waals surface area contributed by atoms with Crippen LogP contribution in [0.1, 0.15) is 5.56 Å². The molecule has 0 aliphatic heterocycles. The Balaban J connectivity index is 2.27. The number of pyridine rings is 1. The van der Waals surface area contributed by atoms with E-state index >= 15 is 0 Å². The molecule has 0 radical (unpaired) electrons. The number of hydrogen-bond donors (Lipinski definition) is 1. The summed E-state index contributed by atoms with van der Waals surface area (Å²) in [6.07, 6.45) is 3.28. The van der Waals surface area contributed by atoms with Gasteiger partial charge in [0.15, 0.2) is 5.82 Å². The molecule has 0 amide bonds. The molecule has 0 bridgehead atoms. The van der Waals surface area contributed by atoms with E-state index < -0.39 is 0 Å². The summed E-state index contributed by atoms with van der Waals surface area (Å²) in [5.74, 6) is 0.410. The van der Waals surface area contributed by atoms with Crippen LogP contribution in [0.15, 0.2) is 42.7 Å². The van der Waals surface area contributed by atoms with Crippen molar-refractivity contribution < 1.29 is 5.21 Å². The lowest BCUT2D eigenvalue weighted by atomic mass is 10.2. The minimum atomic E-state index is 0.410. The molecule has 0 spiro atoms. The van der Waals surface area contributed by atoms with Crippen molar-refractivity contribution in [3.8, 4) is 17.5 Å². The van der Waals surface area contributed by atoms with Gasteiger partial charge in [-0.05, 0) is 30.3 Å². The lowest BCUT2D eigenvalue weighted by Crippen LogP contribution is -1.94. The van der Waals surface area contributed by atoms with Crippen molar-refractivity contribution >= 4 is 11.0 Å². The van der Waals surface area contributed by atoms with E-state index in [1.54, 1.807) is 36.7 Å². The standard InChI is InChI=1S/C13H8N4O/c14-7-9-3-4-11-12(6-9)17(18)13(16-11)10-2-1-5-15-8-10/h1-6,8,18H. The Morgan fingerprint density at radius 2 is 2.17 bits per heavy atom. The maximum atomic E-state index is 10.1. The van der Waals surface area contributed by atoms with E-state index in [0.29, 0.717) is 22.4 Å². The van der Waals surface area contributed by atoms with Gasteiger partial charge in [-0.1, -0.05) is 0 Å². The summed E-state index contributed by atoms with van der Waals surface area (Å²) < 4.78 is 0.979. The number of nitrogens with zero attached hydrogens (tertiary/aromatic N) is 4. The van der Waals surface area contributed by atoms with Crippen molar-refractivity contribution in [1.29, 1.82) is 5.26 Å². The Morgan fingerprint density at radius 3 is 2.89 bits per heavy atom. The van der Waals surface area contributed by atoms with E-state index in [0.717, 1.165) is 10.3 Å². The zero-order valence-corrected chi connectivity index (χ0v) is 9.28. The SMILES string of the molecule is N#Cc1ccc2nc(-c3cccnc3)n(O)c2c1. The summed E-state index contributed by atoms with van der Waals surface area (Å²) in [4.78, 5) is 8.31. The second kappa shape index (κ2) is 3.86. The van der Waals surface area contributed by atoms with Crippen LogP contribution in [0.4, 0.5) is 0 Å². The molecule has 2 aromatic heterocycles. The minimum Gasteiger partial charge on any atom is -0.426 e. The first kappa shape index (κ1) is 10.3. The highest BCUT2D eigenvalue weighted by molar-refractivity contribution is 5.81. The van der Waals surface area contributed by atoms with Crippen molar-refractivity contribution in [2.45, 2.75) is 0 Å². The van der Waals surface area contributed by atoms with Crippen molar-refractivity contribution in [2.24, 2.45) is 0 Å². The molecule has 2 heterocycles. The molecular formula is C13H8N4O. The summed E-state index contributed by atoms with van der Waals surface area (Å²) in [5, 5.41) is 18.9. The number of nitriles is 1. The number of benzene rings is 1. The highest BCUT2D eigenvalue weighted by atomic mass is 16.5. The molecule has 18 heavy (non-hydrogen) atoms. The zero-order valence-electron chi connectivity index (χ0n) is 9.28. The van der Waals surface area contributed by atoms with Crippen LogP contribution in [0.5, 0.6) is 0 Å². The van der Waals surface area contributed by atoms with E-state index in [4.69, 9.17) is 5.26 Å². The molecule has 0 unspecified atom stereocenters. The largest absolute Gasteiger partial charge is 0.426 e. The molecular weight excluding hydrogens is 228 g/mol. The third-order valence-electron chi connectivity index (χ3n) is 2.68. The van der Waals surface area contributed by atoms with Gasteiger partial charge in [-0.3, -0.25) is 4.98 Å². The molecule has 0 saturated carbocycles. The zero-order chi connectivity index (χ0) is 12.5. The lowest BCUT2D eigenvalue weighted by Gasteiger charge is -1.99. The van der Waals surface area contributed by atoms with Crippen LogP contribution >= 0.6 is 0 Å². The van der Waals surface area contributed by atoms with E-state index in [1.807, 2.05) is 12.1 Å². The Morgan fingerprint density at radius 1 is 1.28 bits per heavy atom. The third kappa shape index (κ3) is 1.48. The first-order valence-corrected chi connectivity index (χ1v) is 5.32. The van der Waals surface area contributed by atoms with E-state index in [9.17, 15) is 5.21 Å². The van der Waals surface area contributed by atoms with Gasteiger partial charge in [-0.15, -0.1) is 0 Å². The molecule has 5 nitrogen and oxygen atoms in total. The number of fused-ring (bicyclic) bond motifs is 1. The fourth-order valence-electron chi connectivity index (χ4n) is 1.81. The van der Waals surface area contributed by atoms with Crippen molar-refractivity contribution in [3.05, 3.63) is 48.3 Å². The van der Waals surface area contributed by atoms with E-state index in [1.165, 1.54) is 0 Å². The number of rotatable bonds is 1. The molecule has 0 atom stereocenters. The molecule has 0 aliphatic rings. The second-order valence-corrected chi connectivity index (χ2v) is 3.80. The van der Waals surface area contributed by atoms with Crippen LogP contribution in [0.25, 0.3) is 22.4 Å². The topological polar surface area (TPSA) is 74.7 Å². The third-order valence-corrected chi connectivity index (χ3v) is 2.68. The molecule has 3 aromatic rings. The predicted molar refractivity (Wildman–Crippen MR) is 64.9 cm³/mol. The Labute approximate surface area is 103 Å². The summed E-state index contributed by atoms with van der Waals surface area (Å²) in [5.41, 5.74) is 2.34. The molecule has 0 aliphatic carbocycles. The first-order chi connectivity index (χ1) is 8.79. The molecule has 0 saturated heterocycles. The Bertz CT molecular complexity index is 756. The molecule has 0 fully saturated rings. The Hall–Kier alpha value is -2.87. The average molecular weight is 236 g/mol. The number of hydrogen-bond acceptors (Lipinski definition) is 4. The normalized spacial score (nSPS) is 10.4. The van der Waals surface area contributed by atoms with Gasteiger partial charge in [0.1, 0.15) is 5.52 Å². The van der Waals surface area contributed by atoms with Gasteiger partial charge in [0.25, 0.3) is 0 Å². The van der Waals surface area contributed by atoms with Gasteiger partial charge < -0.3 is 5.21 Å². The summed E-state index contributed by atoms with van der Waals surface area (Å²) in [7, 11) is 0. The van der Waals surface area contributed by atoms with Gasteiger partial charge >= 0.3 is 0 Å². The van der Waals surface area contributed by atoms with Gasteiger partial charge in [-0.2, -0.15) is 9.99 Å². The van der Waals surface area contributed by atoms with Crippen molar-refractivity contribution in [2.75, 3.05) is 0 Å². The Kier molecular flexibility index (Phi) is 2.21.